The molecule has 2 aliphatic rings. The predicted molar refractivity (Wildman–Crippen MR) is 114 cm³/mol. The molecule has 1 spiro atoms. The zero-order valence-electron chi connectivity index (χ0n) is 15.3. The lowest BCUT2D eigenvalue weighted by Gasteiger charge is -2.45. The van der Waals surface area contributed by atoms with Crippen molar-refractivity contribution >= 4 is 24.8 Å². The number of imidazole rings is 1. The highest BCUT2D eigenvalue weighted by Gasteiger charge is 2.44. The highest BCUT2D eigenvalue weighted by Crippen LogP contribution is 2.45. The molecule has 0 unspecified atom stereocenters. The number of piperidine rings is 1. The molecule has 142 valence electrons. The van der Waals surface area contributed by atoms with Crippen LogP contribution in [0.15, 0.2) is 67.0 Å². The monoisotopic (exact) mass is 401 g/mol. The van der Waals surface area contributed by atoms with Crippen molar-refractivity contribution in [3.05, 3.63) is 89.5 Å². The maximum absolute atomic E-state index is 4.79. The largest absolute Gasteiger partial charge is 0.330 e. The van der Waals surface area contributed by atoms with Crippen LogP contribution in [0.5, 0.6) is 0 Å². The average molecular weight is 402 g/mol. The Morgan fingerprint density at radius 3 is 2.37 bits per heavy atom. The molecule has 1 aromatic heterocycles. The van der Waals surface area contributed by atoms with Crippen molar-refractivity contribution in [1.82, 2.24) is 14.5 Å². The lowest BCUT2D eigenvalue weighted by Crippen LogP contribution is -2.46. The zero-order chi connectivity index (χ0) is 16.7. The van der Waals surface area contributed by atoms with Gasteiger partial charge in [0.2, 0.25) is 0 Å². The standard InChI is InChI=1S/C22H23N3.2ClH/c1-2-6-18(7-3-1)16-24-13-10-22(11-14-24)20-9-5-4-8-19(20)17-25-15-12-23-21(22)25;;/h1-9,12,15H,10-11,13-14,16-17H2;2*1H. The van der Waals surface area contributed by atoms with E-state index in [1.54, 1.807) is 0 Å². The van der Waals surface area contributed by atoms with Gasteiger partial charge < -0.3 is 4.57 Å². The second-order valence-corrected chi connectivity index (χ2v) is 7.38. The number of aromatic nitrogens is 2. The summed E-state index contributed by atoms with van der Waals surface area (Å²) in [5, 5.41) is 0. The summed E-state index contributed by atoms with van der Waals surface area (Å²) < 4.78 is 2.36. The van der Waals surface area contributed by atoms with E-state index in [-0.39, 0.29) is 30.2 Å². The number of nitrogens with zero attached hydrogens (tertiary/aromatic N) is 3. The molecule has 0 bridgehead atoms. The molecule has 5 heteroatoms. The lowest BCUT2D eigenvalue weighted by atomic mass is 9.69. The van der Waals surface area contributed by atoms with E-state index in [9.17, 15) is 0 Å². The van der Waals surface area contributed by atoms with Crippen LogP contribution < -0.4 is 0 Å². The number of hydrogen-bond acceptors (Lipinski definition) is 2. The van der Waals surface area contributed by atoms with E-state index in [1.165, 1.54) is 22.5 Å². The van der Waals surface area contributed by atoms with Crippen molar-refractivity contribution < 1.29 is 0 Å². The van der Waals surface area contributed by atoms with Crippen molar-refractivity contribution in [2.75, 3.05) is 13.1 Å². The first kappa shape index (κ1) is 19.9. The molecule has 1 saturated heterocycles. The predicted octanol–water partition coefficient (Wildman–Crippen LogP) is 4.67. The lowest BCUT2D eigenvalue weighted by molar-refractivity contribution is 0.162. The summed E-state index contributed by atoms with van der Waals surface area (Å²) in [5.74, 6) is 1.27. The van der Waals surface area contributed by atoms with Crippen LogP contribution in [0.4, 0.5) is 0 Å². The molecule has 3 aromatic rings. The molecule has 0 saturated carbocycles. The number of fused-ring (bicyclic) bond motifs is 4. The third-order valence-corrected chi connectivity index (χ3v) is 5.98. The maximum Gasteiger partial charge on any atom is 0.119 e. The third-order valence-electron chi connectivity index (χ3n) is 5.98. The topological polar surface area (TPSA) is 21.1 Å². The number of rotatable bonds is 2. The fraction of sp³-hybridized carbons (Fsp3) is 0.318. The Morgan fingerprint density at radius 1 is 0.889 bits per heavy atom. The van der Waals surface area contributed by atoms with Gasteiger partial charge in [0.15, 0.2) is 0 Å². The summed E-state index contributed by atoms with van der Waals surface area (Å²) in [6.45, 7) is 4.25. The Labute approximate surface area is 173 Å². The summed E-state index contributed by atoms with van der Waals surface area (Å²) in [4.78, 5) is 7.37. The summed E-state index contributed by atoms with van der Waals surface area (Å²) in [6.07, 6.45) is 6.41. The summed E-state index contributed by atoms with van der Waals surface area (Å²) in [5.41, 5.74) is 4.47. The van der Waals surface area contributed by atoms with Gasteiger partial charge in [-0.25, -0.2) is 4.98 Å². The molecule has 0 radical (unpaired) electrons. The molecule has 1 fully saturated rings. The smallest absolute Gasteiger partial charge is 0.119 e. The van der Waals surface area contributed by atoms with Gasteiger partial charge in [0.1, 0.15) is 5.82 Å². The Bertz CT molecular complexity index is 883. The molecular weight excluding hydrogens is 377 g/mol. The molecule has 3 nitrogen and oxygen atoms in total. The van der Waals surface area contributed by atoms with Gasteiger partial charge in [-0.1, -0.05) is 54.6 Å². The number of hydrogen-bond donors (Lipinski definition) is 0. The molecule has 0 atom stereocenters. The van der Waals surface area contributed by atoms with E-state index in [0.29, 0.717) is 0 Å². The van der Waals surface area contributed by atoms with Crippen LogP contribution >= 0.6 is 24.8 Å². The van der Waals surface area contributed by atoms with Crippen molar-refractivity contribution in [2.45, 2.75) is 31.3 Å². The van der Waals surface area contributed by atoms with Gasteiger partial charge in [0.25, 0.3) is 0 Å². The Morgan fingerprint density at radius 2 is 1.59 bits per heavy atom. The SMILES string of the molecule is Cl.Cl.c1ccc(CN2CCC3(CC2)c2ccccc2Cn2ccnc23)cc1. The van der Waals surface area contributed by atoms with Gasteiger partial charge in [-0.3, -0.25) is 4.90 Å². The van der Waals surface area contributed by atoms with Crippen LogP contribution in [-0.4, -0.2) is 27.5 Å². The highest BCUT2D eigenvalue weighted by atomic mass is 35.5. The average Bonchev–Trinajstić information content (AvgIpc) is 3.14. The summed E-state index contributed by atoms with van der Waals surface area (Å²) in [6, 6.07) is 19.8. The van der Waals surface area contributed by atoms with Crippen LogP contribution in [0.2, 0.25) is 0 Å². The van der Waals surface area contributed by atoms with Gasteiger partial charge in [-0.15, -0.1) is 24.8 Å². The molecule has 2 aromatic carbocycles. The zero-order valence-corrected chi connectivity index (χ0v) is 16.9. The van der Waals surface area contributed by atoms with E-state index in [4.69, 9.17) is 4.98 Å². The minimum atomic E-state index is 0. The molecule has 2 aliphatic heterocycles. The molecule has 0 aliphatic carbocycles. The van der Waals surface area contributed by atoms with Crippen molar-refractivity contribution in [1.29, 1.82) is 0 Å². The molecular formula is C22H25Cl2N3. The van der Waals surface area contributed by atoms with E-state index < -0.39 is 0 Å². The quantitative estimate of drug-likeness (QED) is 0.621. The molecule has 27 heavy (non-hydrogen) atoms. The fourth-order valence-corrected chi connectivity index (χ4v) is 4.71. The van der Waals surface area contributed by atoms with E-state index in [0.717, 1.165) is 39.0 Å². The van der Waals surface area contributed by atoms with Crippen LogP contribution in [0.3, 0.4) is 0 Å². The Kier molecular flexibility index (Phi) is 5.95. The van der Waals surface area contributed by atoms with E-state index in [2.05, 4.69) is 70.3 Å². The molecule has 0 N–H and O–H groups in total. The molecule has 3 heterocycles. The van der Waals surface area contributed by atoms with Crippen molar-refractivity contribution in [2.24, 2.45) is 0 Å². The highest BCUT2D eigenvalue weighted by molar-refractivity contribution is 5.85. The summed E-state index contributed by atoms with van der Waals surface area (Å²) in [7, 11) is 0. The van der Waals surface area contributed by atoms with Crippen LogP contribution in [0.1, 0.15) is 35.4 Å². The number of halogens is 2. The van der Waals surface area contributed by atoms with Crippen LogP contribution in [-0.2, 0) is 18.5 Å². The second-order valence-electron chi connectivity index (χ2n) is 7.38. The normalized spacial score (nSPS) is 17.3. The van der Waals surface area contributed by atoms with Crippen molar-refractivity contribution in [3.8, 4) is 0 Å². The van der Waals surface area contributed by atoms with Crippen LogP contribution in [0.25, 0.3) is 0 Å². The number of likely N-dealkylation sites (tertiary alicyclic amines) is 1. The van der Waals surface area contributed by atoms with E-state index in [1.807, 2.05) is 6.20 Å². The van der Waals surface area contributed by atoms with Gasteiger partial charge in [0.05, 0.1) is 5.41 Å². The van der Waals surface area contributed by atoms with Gasteiger partial charge in [0, 0.05) is 25.5 Å². The minimum Gasteiger partial charge on any atom is -0.330 e. The van der Waals surface area contributed by atoms with Crippen molar-refractivity contribution in [3.63, 3.8) is 0 Å². The first-order valence-corrected chi connectivity index (χ1v) is 9.21. The maximum atomic E-state index is 4.79. The number of benzene rings is 2. The van der Waals surface area contributed by atoms with E-state index >= 15 is 0 Å². The first-order chi connectivity index (χ1) is 12.4. The molecule has 0 amide bonds. The van der Waals surface area contributed by atoms with Gasteiger partial charge >= 0.3 is 0 Å². The second kappa shape index (κ2) is 8.05. The Hall–Kier alpha value is -1.81. The minimum absolute atomic E-state index is 0. The Balaban J connectivity index is 0.00000105. The fourth-order valence-electron chi connectivity index (χ4n) is 4.71. The van der Waals surface area contributed by atoms with Gasteiger partial charge in [-0.2, -0.15) is 0 Å². The van der Waals surface area contributed by atoms with Gasteiger partial charge in [-0.05, 0) is 42.6 Å². The summed E-state index contributed by atoms with van der Waals surface area (Å²) >= 11 is 0. The third kappa shape index (κ3) is 3.40. The molecule has 5 rings (SSSR count). The first-order valence-electron chi connectivity index (χ1n) is 9.21. The van der Waals surface area contributed by atoms with Crippen LogP contribution in [0, 0.1) is 0 Å².